The Hall–Kier alpha value is -3.85. The Balaban J connectivity index is 0.000000773. The first-order valence-corrected chi connectivity index (χ1v) is 13.1. The summed E-state index contributed by atoms with van der Waals surface area (Å²) in [6, 6.07) is 12.9. The summed E-state index contributed by atoms with van der Waals surface area (Å²) in [5.74, 6) is -1.25. The maximum Gasteiger partial charge on any atom is 0.348 e. The van der Waals surface area contributed by atoms with E-state index in [0.717, 1.165) is 5.56 Å². The molecular weight excluding hydrogens is 515 g/mol. The Bertz CT molecular complexity index is 1090. The topological polar surface area (TPSA) is 88.5 Å². The number of methoxy groups -OCH3 is 1. The lowest BCUT2D eigenvalue weighted by Gasteiger charge is -2.26. The van der Waals surface area contributed by atoms with Gasteiger partial charge in [-0.3, -0.25) is 0 Å². The zero-order valence-corrected chi connectivity index (χ0v) is 24.4. The van der Waals surface area contributed by atoms with Crippen molar-refractivity contribution in [3.63, 3.8) is 0 Å². The number of carbonyl (C=O) groups excluding carboxylic acids is 1. The van der Waals surface area contributed by atoms with Gasteiger partial charge in [0.1, 0.15) is 5.75 Å². The number of para-hydroxylation sites is 1. The van der Waals surface area contributed by atoms with Gasteiger partial charge < -0.3 is 29.1 Å². The molecule has 0 aromatic heterocycles. The van der Waals surface area contributed by atoms with Gasteiger partial charge in [-0.2, -0.15) is 0 Å². The molecule has 9 heteroatoms. The monoisotopic (exact) mass is 558 g/mol. The van der Waals surface area contributed by atoms with E-state index in [9.17, 15) is 19.1 Å². The van der Waals surface area contributed by atoms with Crippen LogP contribution in [0.3, 0.4) is 0 Å². The summed E-state index contributed by atoms with van der Waals surface area (Å²) < 4.78 is 29.8. The molecular formula is C31H43FN2O6. The van der Waals surface area contributed by atoms with E-state index in [0.29, 0.717) is 31.9 Å². The third kappa shape index (κ3) is 11.1. The van der Waals surface area contributed by atoms with Crippen LogP contribution >= 0.6 is 0 Å². The number of carboxylic acids is 1. The lowest BCUT2D eigenvalue weighted by atomic mass is 9.96. The Morgan fingerprint density at radius 2 is 1.77 bits per heavy atom. The van der Waals surface area contributed by atoms with Gasteiger partial charge in [0, 0.05) is 40.6 Å². The number of amides is 2. The van der Waals surface area contributed by atoms with Gasteiger partial charge in [-0.25, -0.2) is 14.0 Å². The average Bonchev–Trinajstić information content (AvgIpc) is 3.18. The first kappa shape index (κ1) is 34.2. The maximum atomic E-state index is 13.9. The molecule has 0 bridgehead atoms. The number of allylic oxidation sites excluding steroid dienone is 2. The molecule has 1 fully saturated rings. The van der Waals surface area contributed by atoms with E-state index in [4.69, 9.17) is 9.47 Å². The van der Waals surface area contributed by atoms with Crippen LogP contribution in [-0.2, 0) is 16.0 Å². The normalized spacial score (nSPS) is 15.9. The summed E-state index contributed by atoms with van der Waals surface area (Å²) in [6.07, 6.45) is 6.47. The number of urea groups is 1. The number of rotatable bonds is 11. The molecule has 1 aliphatic rings. The van der Waals surface area contributed by atoms with Crippen molar-refractivity contribution in [2.24, 2.45) is 0 Å². The fraction of sp³-hybridized carbons (Fsp3) is 0.419. The summed E-state index contributed by atoms with van der Waals surface area (Å²) in [7, 11) is 5.20. The van der Waals surface area contributed by atoms with Gasteiger partial charge >= 0.3 is 12.0 Å². The molecule has 3 rings (SSSR count). The number of carboxylic acid groups (broad SMARTS) is 1. The number of nitrogens with zero attached hydrogens (tertiary/aromatic N) is 2. The number of benzene rings is 2. The molecule has 2 aromatic carbocycles. The highest BCUT2D eigenvalue weighted by Crippen LogP contribution is 2.26. The Kier molecular flexibility index (Phi) is 15.1. The molecule has 1 aliphatic heterocycles. The number of hydrogen-bond acceptors (Lipinski definition) is 5. The average molecular weight is 559 g/mol. The van der Waals surface area contributed by atoms with Crippen LogP contribution in [0.2, 0.25) is 0 Å². The molecule has 0 spiro atoms. The molecule has 40 heavy (non-hydrogen) atoms. The van der Waals surface area contributed by atoms with Crippen LogP contribution in [0, 0.1) is 5.82 Å². The van der Waals surface area contributed by atoms with Crippen molar-refractivity contribution < 1.29 is 33.3 Å². The van der Waals surface area contributed by atoms with E-state index >= 15 is 0 Å². The molecule has 2 aromatic rings. The fourth-order valence-electron chi connectivity index (χ4n) is 3.68. The van der Waals surface area contributed by atoms with Gasteiger partial charge in [-0.15, -0.1) is 6.58 Å². The van der Waals surface area contributed by atoms with Crippen LogP contribution in [0.5, 0.6) is 11.5 Å². The van der Waals surface area contributed by atoms with Crippen molar-refractivity contribution in [2.75, 3.05) is 41.0 Å². The number of likely N-dealkylation sites (N-methyl/N-ethyl adjacent to an activating group) is 2. The lowest BCUT2D eigenvalue weighted by molar-refractivity contribution is -0.153. The van der Waals surface area contributed by atoms with Crippen molar-refractivity contribution in [3.05, 3.63) is 84.7 Å². The van der Waals surface area contributed by atoms with Crippen LogP contribution in [0.25, 0.3) is 0 Å². The molecule has 2 atom stereocenters. The van der Waals surface area contributed by atoms with Gasteiger partial charge in [-0.1, -0.05) is 42.5 Å². The Morgan fingerprint density at radius 1 is 1.15 bits per heavy atom. The van der Waals surface area contributed by atoms with Gasteiger partial charge in [0.25, 0.3) is 0 Å². The summed E-state index contributed by atoms with van der Waals surface area (Å²) in [5.41, 5.74) is -0.910. The van der Waals surface area contributed by atoms with Crippen molar-refractivity contribution in [2.45, 2.75) is 45.3 Å². The number of aliphatic carboxylic acids is 1. The van der Waals surface area contributed by atoms with E-state index in [1.807, 2.05) is 26.0 Å². The largest absolute Gasteiger partial charge is 0.494 e. The third-order valence-electron chi connectivity index (χ3n) is 6.09. The standard InChI is InChI=1S/C23H27FN2O5.C4H8O.C4H8/c1-23(21(27)28,31-20-7-5-4-6-19(20)24)14-16-8-10-18(11-9-16)30-13-12-17-15-25(2)22(29)26(17)3;1-3-4-5-2;1-3-4-2/h4-11,17H,12-15H2,1-3H3,(H,27,28);3H,1,4H2,2H3;3-4H,1-2H3/b;;4-3-/t17-,23-;;/m0../s1. The van der Waals surface area contributed by atoms with E-state index in [1.54, 1.807) is 67.4 Å². The molecule has 0 saturated carbocycles. The molecule has 2 amide bonds. The molecule has 0 radical (unpaired) electrons. The first-order chi connectivity index (χ1) is 19.0. The third-order valence-corrected chi connectivity index (χ3v) is 6.09. The van der Waals surface area contributed by atoms with Crippen LogP contribution in [0.15, 0.2) is 73.3 Å². The molecule has 1 heterocycles. The number of carbonyl (C=O) groups is 2. The first-order valence-electron chi connectivity index (χ1n) is 13.1. The molecule has 220 valence electrons. The predicted octanol–water partition coefficient (Wildman–Crippen LogP) is 5.83. The highest BCUT2D eigenvalue weighted by atomic mass is 19.1. The zero-order chi connectivity index (χ0) is 30.1. The fourth-order valence-corrected chi connectivity index (χ4v) is 3.68. The number of ether oxygens (including phenoxy) is 3. The minimum atomic E-state index is -1.63. The summed E-state index contributed by atoms with van der Waals surface area (Å²) in [4.78, 5) is 27.1. The van der Waals surface area contributed by atoms with Crippen molar-refractivity contribution in [1.29, 1.82) is 0 Å². The molecule has 8 nitrogen and oxygen atoms in total. The number of halogens is 1. The van der Waals surface area contributed by atoms with Crippen molar-refractivity contribution in [3.8, 4) is 11.5 Å². The smallest absolute Gasteiger partial charge is 0.348 e. The van der Waals surface area contributed by atoms with E-state index in [2.05, 4.69) is 11.3 Å². The van der Waals surface area contributed by atoms with Gasteiger partial charge in [0.2, 0.25) is 5.60 Å². The Morgan fingerprint density at radius 3 is 2.23 bits per heavy atom. The quantitative estimate of drug-likeness (QED) is 0.350. The Labute approximate surface area is 237 Å². The minimum Gasteiger partial charge on any atom is -0.494 e. The van der Waals surface area contributed by atoms with Crippen molar-refractivity contribution in [1.82, 2.24) is 9.80 Å². The van der Waals surface area contributed by atoms with Crippen LogP contribution in [0.4, 0.5) is 9.18 Å². The highest BCUT2D eigenvalue weighted by Gasteiger charge is 2.37. The molecule has 1 saturated heterocycles. The lowest BCUT2D eigenvalue weighted by Crippen LogP contribution is -2.43. The van der Waals surface area contributed by atoms with Crippen LogP contribution in [-0.4, -0.2) is 79.5 Å². The van der Waals surface area contributed by atoms with Crippen LogP contribution in [0.1, 0.15) is 32.8 Å². The second-order valence-electron chi connectivity index (χ2n) is 9.36. The molecule has 1 N–H and O–H groups in total. The van der Waals surface area contributed by atoms with Gasteiger partial charge in [0.05, 0.1) is 19.3 Å². The highest BCUT2D eigenvalue weighted by molar-refractivity contribution is 5.78. The SMILES string of the molecule is C/C=C\C.C=CCOC.CN1C[C@H](CCOc2ccc(C[C@](C)(Oc3ccccc3F)C(=O)O)cc2)N(C)C1=O. The van der Waals surface area contributed by atoms with E-state index < -0.39 is 17.4 Å². The van der Waals surface area contributed by atoms with Gasteiger partial charge in [-0.05, 0) is 50.6 Å². The molecule has 0 aliphatic carbocycles. The minimum absolute atomic E-state index is 0.00781. The summed E-state index contributed by atoms with van der Waals surface area (Å²) >= 11 is 0. The van der Waals surface area contributed by atoms with E-state index in [1.165, 1.54) is 25.1 Å². The maximum absolute atomic E-state index is 13.9. The van der Waals surface area contributed by atoms with E-state index in [-0.39, 0.29) is 24.2 Å². The second-order valence-corrected chi connectivity index (χ2v) is 9.36. The van der Waals surface area contributed by atoms with Crippen molar-refractivity contribution >= 4 is 12.0 Å². The summed E-state index contributed by atoms with van der Waals surface area (Å²) in [6.45, 7) is 10.6. The van der Waals surface area contributed by atoms with Gasteiger partial charge in [0.15, 0.2) is 11.6 Å². The van der Waals surface area contributed by atoms with Crippen LogP contribution < -0.4 is 9.47 Å². The molecule has 0 unspecified atom stereocenters. The zero-order valence-electron chi connectivity index (χ0n) is 24.4. The second kappa shape index (κ2) is 17.7. The number of hydrogen-bond donors (Lipinski definition) is 1. The summed E-state index contributed by atoms with van der Waals surface area (Å²) in [5, 5.41) is 9.68. The predicted molar refractivity (Wildman–Crippen MR) is 155 cm³/mol.